The summed E-state index contributed by atoms with van der Waals surface area (Å²) in [5.41, 5.74) is 3.81. The fourth-order valence-corrected chi connectivity index (χ4v) is 3.95. The van der Waals surface area contributed by atoms with Gasteiger partial charge in [0.05, 0.1) is 12.8 Å². The highest BCUT2D eigenvalue weighted by molar-refractivity contribution is 6.31. The first kappa shape index (κ1) is 20.8. The predicted molar refractivity (Wildman–Crippen MR) is 124 cm³/mol. The van der Waals surface area contributed by atoms with Crippen LogP contribution in [0.25, 0.3) is 10.9 Å². The summed E-state index contributed by atoms with van der Waals surface area (Å²) in [5, 5.41) is 7.47. The molecule has 2 N–H and O–H groups in total. The van der Waals surface area contributed by atoms with Gasteiger partial charge in [-0.25, -0.2) is 4.79 Å². The predicted octanol–water partition coefficient (Wildman–Crippen LogP) is 5.19. The van der Waals surface area contributed by atoms with Gasteiger partial charge in [-0.3, -0.25) is 4.98 Å². The molecule has 0 unspecified atom stereocenters. The number of hydrogen-bond donors (Lipinski definition) is 2. The number of benzene rings is 2. The number of para-hydroxylation sites is 1. The lowest BCUT2D eigenvalue weighted by molar-refractivity contribution is 0.251. The van der Waals surface area contributed by atoms with E-state index in [4.69, 9.17) is 16.3 Å². The monoisotopic (exact) mass is 434 g/mol. The van der Waals surface area contributed by atoms with Crippen LogP contribution in [0.5, 0.6) is 5.75 Å². The van der Waals surface area contributed by atoms with E-state index in [1.54, 1.807) is 31.5 Å². The number of nitrogens with one attached hydrogen (secondary N) is 2. The van der Waals surface area contributed by atoms with Gasteiger partial charge in [-0.05, 0) is 41.5 Å². The molecule has 0 bridgehead atoms. The Bertz CT molecular complexity index is 1210. The second-order valence-electron chi connectivity index (χ2n) is 7.23. The average molecular weight is 435 g/mol. The molecule has 158 valence electrons. The lowest BCUT2D eigenvalue weighted by Crippen LogP contribution is -2.32. The lowest BCUT2D eigenvalue weighted by Gasteiger charge is -2.18. The number of methoxy groups -OCH3 is 1. The van der Waals surface area contributed by atoms with E-state index in [0.717, 1.165) is 22.0 Å². The highest BCUT2D eigenvalue weighted by Gasteiger charge is 2.20. The Balaban J connectivity index is 1.59. The highest BCUT2D eigenvalue weighted by atomic mass is 35.5. The first-order chi connectivity index (χ1) is 15.1. The molecule has 0 radical (unpaired) electrons. The van der Waals surface area contributed by atoms with Crippen molar-refractivity contribution in [2.45, 2.75) is 5.92 Å². The zero-order valence-corrected chi connectivity index (χ0v) is 18.1. The molecule has 2 heterocycles. The van der Waals surface area contributed by atoms with E-state index < -0.39 is 0 Å². The summed E-state index contributed by atoms with van der Waals surface area (Å²) in [7, 11) is 3.57. The fraction of sp³-hybridized carbons (Fsp3) is 0.167. The van der Waals surface area contributed by atoms with Crippen molar-refractivity contribution in [3.8, 4) is 5.75 Å². The number of ether oxygens (including phenoxy) is 1. The standard InChI is InChI=1S/C24H23ClN4O2/c1-29-15-20(18-7-3-4-8-22(18)29)19(16-6-5-11-26-13-16)14-27-24(30)28-21-12-17(25)9-10-23(21)31-2/h3-13,15,19H,14H2,1-2H3,(H2,27,28,30)/t19-/m1/s1. The number of aryl methyl sites for hydroxylation is 1. The Hall–Kier alpha value is -3.51. The Morgan fingerprint density at radius 3 is 2.81 bits per heavy atom. The topological polar surface area (TPSA) is 68.2 Å². The molecular formula is C24H23ClN4O2. The van der Waals surface area contributed by atoms with Gasteiger partial charge < -0.3 is 19.9 Å². The van der Waals surface area contributed by atoms with Gasteiger partial charge in [0.25, 0.3) is 0 Å². The molecule has 0 saturated carbocycles. The first-order valence-corrected chi connectivity index (χ1v) is 10.3. The summed E-state index contributed by atoms with van der Waals surface area (Å²) in [6.45, 7) is 0.397. The SMILES string of the molecule is COc1ccc(Cl)cc1NC(=O)NC[C@H](c1cccnc1)c1cn(C)c2ccccc12. The number of fused-ring (bicyclic) bond motifs is 1. The molecule has 2 aromatic heterocycles. The molecule has 31 heavy (non-hydrogen) atoms. The number of carbonyl (C=O) groups is 1. The molecule has 0 spiro atoms. The zero-order chi connectivity index (χ0) is 21.8. The molecule has 0 saturated heterocycles. The van der Waals surface area contributed by atoms with Crippen LogP contribution in [0.4, 0.5) is 10.5 Å². The van der Waals surface area contributed by atoms with Gasteiger partial charge in [0.2, 0.25) is 0 Å². The summed E-state index contributed by atoms with van der Waals surface area (Å²) in [4.78, 5) is 17.0. The molecule has 4 aromatic rings. The number of rotatable bonds is 6. The van der Waals surface area contributed by atoms with Crippen molar-refractivity contribution in [3.05, 3.63) is 89.3 Å². The van der Waals surface area contributed by atoms with E-state index >= 15 is 0 Å². The Morgan fingerprint density at radius 2 is 2.03 bits per heavy atom. The van der Waals surface area contributed by atoms with Gasteiger partial charge >= 0.3 is 6.03 Å². The maximum Gasteiger partial charge on any atom is 0.319 e. The second kappa shape index (κ2) is 9.10. The molecule has 0 aliphatic heterocycles. The summed E-state index contributed by atoms with van der Waals surface area (Å²) in [6.07, 6.45) is 5.70. The van der Waals surface area contributed by atoms with Crippen molar-refractivity contribution >= 4 is 34.2 Å². The molecule has 6 nitrogen and oxygen atoms in total. The van der Waals surface area contributed by atoms with E-state index in [1.807, 2.05) is 37.5 Å². The minimum absolute atomic E-state index is 0.0631. The second-order valence-corrected chi connectivity index (χ2v) is 7.67. The Kier molecular flexibility index (Phi) is 6.09. The molecular weight excluding hydrogens is 412 g/mol. The van der Waals surface area contributed by atoms with Crippen molar-refractivity contribution < 1.29 is 9.53 Å². The van der Waals surface area contributed by atoms with Crippen LogP contribution < -0.4 is 15.4 Å². The van der Waals surface area contributed by atoms with Gasteiger partial charge in [-0.1, -0.05) is 35.9 Å². The molecule has 2 amide bonds. The van der Waals surface area contributed by atoms with E-state index in [1.165, 1.54) is 0 Å². The van der Waals surface area contributed by atoms with Gasteiger partial charge in [0.1, 0.15) is 5.75 Å². The van der Waals surface area contributed by atoms with E-state index in [0.29, 0.717) is 23.0 Å². The summed E-state index contributed by atoms with van der Waals surface area (Å²) >= 11 is 6.07. The Morgan fingerprint density at radius 1 is 1.19 bits per heavy atom. The normalized spacial score (nSPS) is 11.8. The van der Waals surface area contributed by atoms with Crippen LogP contribution in [0.3, 0.4) is 0 Å². The third-order valence-corrected chi connectivity index (χ3v) is 5.50. The Labute approximate surface area is 185 Å². The molecule has 0 aliphatic rings. The van der Waals surface area contributed by atoms with Crippen molar-refractivity contribution in [2.24, 2.45) is 7.05 Å². The largest absolute Gasteiger partial charge is 0.495 e. The number of pyridine rings is 1. The van der Waals surface area contributed by atoms with E-state index in [9.17, 15) is 4.79 Å². The van der Waals surface area contributed by atoms with Crippen LogP contribution in [0.2, 0.25) is 5.02 Å². The van der Waals surface area contributed by atoms with Gasteiger partial charge in [0.15, 0.2) is 0 Å². The van der Waals surface area contributed by atoms with Crippen LogP contribution in [-0.2, 0) is 7.05 Å². The van der Waals surface area contributed by atoms with Crippen LogP contribution in [0.15, 0.2) is 73.2 Å². The van der Waals surface area contributed by atoms with E-state index in [2.05, 4.69) is 38.5 Å². The third-order valence-electron chi connectivity index (χ3n) is 5.27. The number of aromatic nitrogens is 2. The average Bonchev–Trinajstić information content (AvgIpc) is 3.11. The molecule has 0 fully saturated rings. The fourth-order valence-electron chi connectivity index (χ4n) is 3.78. The van der Waals surface area contributed by atoms with Crippen molar-refractivity contribution in [3.63, 3.8) is 0 Å². The molecule has 1 atom stereocenters. The number of urea groups is 1. The van der Waals surface area contributed by atoms with Gasteiger partial charge in [-0.15, -0.1) is 0 Å². The quantitative estimate of drug-likeness (QED) is 0.439. The maximum absolute atomic E-state index is 12.7. The number of halogens is 1. The third kappa shape index (κ3) is 4.49. The number of carbonyl (C=O) groups excluding carboxylic acids is 1. The van der Waals surface area contributed by atoms with Crippen LogP contribution in [0.1, 0.15) is 17.0 Å². The maximum atomic E-state index is 12.7. The molecule has 0 aliphatic carbocycles. The minimum atomic E-state index is -0.338. The summed E-state index contributed by atoms with van der Waals surface area (Å²) < 4.78 is 7.41. The van der Waals surface area contributed by atoms with Crippen LogP contribution in [-0.4, -0.2) is 29.2 Å². The highest BCUT2D eigenvalue weighted by Crippen LogP contribution is 2.32. The summed E-state index contributed by atoms with van der Waals surface area (Å²) in [5.74, 6) is 0.476. The lowest BCUT2D eigenvalue weighted by atomic mass is 9.92. The summed E-state index contributed by atoms with van der Waals surface area (Å²) in [6, 6.07) is 16.9. The first-order valence-electron chi connectivity index (χ1n) is 9.89. The minimum Gasteiger partial charge on any atom is -0.495 e. The van der Waals surface area contributed by atoms with E-state index in [-0.39, 0.29) is 11.9 Å². The van der Waals surface area contributed by atoms with Crippen molar-refractivity contribution in [1.29, 1.82) is 0 Å². The molecule has 7 heteroatoms. The zero-order valence-electron chi connectivity index (χ0n) is 17.3. The van der Waals surface area contributed by atoms with Crippen LogP contribution in [0, 0.1) is 0 Å². The number of amides is 2. The number of nitrogens with zero attached hydrogens (tertiary/aromatic N) is 2. The van der Waals surface area contributed by atoms with Crippen LogP contribution >= 0.6 is 11.6 Å². The van der Waals surface area contributed by atoms with Crippen molar-refractivity contribution in [2.75, 3.05) is 19.0 Å². The smallest absolute Gasteiger partial charge is 0.319 e. The van der Waals surface area contributed by atoms with Crippen molar-refractivity contribution in [1.82, 2.24) is 14.9 Å². The number of hydrogen-bond acceptors (Lipinski definition) is 3. The number of anilines is 1. The molecule has 2 aromatic carbocycles. The van der Waals surface area contributed by atoms with Gasteiger partial charge in [0, 0.05) is 54.0 Å². The molecule has 4 rings (SSSR count). The van der Waals surface area contributed by atoms with Gasteiger partial charge in [-0.2, -0.15) is 0 Å².